The highest BCUT2D eigenvalue weighted by Crippen LogP contribution is 2.25. The lowest BCUT2D eigenvalue weighted by Crippen LogP contribution is -2.40. The van der Waals surface area contributed by atoms with Gasteiger partial charge in [0, 0.05) is 13.2 Å². The van der Waals surface area contributed by atoms with Gasteiger partial charge in [0.25, 0.3) is 0 Å². The van der Waals surface area contributed by atoms with E-state index in [1.807, 2.05) is 0 Å². The molecule has 0 amide bonds. The quantitative estimate of drug-likeness (QED) is 0.563. The second-order valence-electron chi connectivity index (χ2n) is 4.93. The van der Waals surface area contributed by atoms with Gasteiger partial charge in [-0.2, -0.15) is 0 Å². The summed E-state index contributed by atoms with van der Waals surface area (Å²) in [5, 5.41) is 8.70. The fraction of sp³-hybridized carbons (Fsp3) is 1.00. The van der Waals surface area contributed by atoms with Crippen molar-refractivity contribution in [3.05, 3.63) is 0 Å². The lowest BCUT2D eigenvalue weighted by atomic mass is 9.82. The number of unbranched alkanes of at least 4 members (excludes halogenated alkanes) is 2. The van der Waals surface area contributed by atoms with Crippen LogP contribution in [0.1, 0.15) is 46.0 Å². The molecule has 0 saturated heterocycles. The maximum atomic E-state index is 8.70. The van der Waals surface area contributed by atoms with Gasteiger partial charge >= 0.3 is 0 Å². The topological polar surface area (TPSA) is 49.5 Å². The average Bonchev–Trinajstić information content (AvgIpc) is 2.32. The molecule has 0 radical (unpaired) electrons. The summed E-state index contributed by atoms with van der Waals surface area (Å²) in [5.74, 6) is 0. The molecule has 16 heavy (non-hydrogen) atoms. The molecule has 3 N–H and O–H groups in total. The summed E-state index contributed by atoms with van der Waals surface area (Å²) in [6, 6.07) is 0. The predicted octanol–water partition coefficient (Wildman–Crippen LogP) is 1.85. The van der Waals surface area contributed by atoms with Crippen LogP contribution >= 0.6 is 0 Å². The minimum absolute atomic E-state index is 0.297. The van der Waals surface area contributed by atoms with E-state index in [0.29, 0.717) is 12.0 Å². The molecule has 0 bridgehead atoms. The first-order valence-electron chi connectivity index (χ1n) is 6.63. The molecule has 0 heterocycles. The standard InChI is InChI=1S/C13H30N2O/c1-4-13(5-2,11-14)12-15(3)9-7-6-8-10-16/h16H,4-12,14H2,1-3H3. The van der Waals surface area contributed by atoms with Gasteiger partial charge < -0.3 is 15.7 Å². The fourth-order valence-electron chi connectivity index (χ4n) is 2.15. The summed E-state index contributed by atoms with van der Waals surface area (Å²) in [4.78, 5) is 2.39. The molecule has 0 atom stereocenters. The van der Waals surface area contributed by atoms with Crippen LogP contribution in [0.25, 0.3) is 0 Å². The molecule has 0 rings (SSSR count). The van der Waals surface area contributed by atoms with Crippen LogP contribution in [0, 0.1) is 5.41 Å². The monoisotopic (exact) mass is 230 g/mol. The highest BCUT2D eigenvalue weighted by atomic mass is 16.2. The predicted molar refractivity (Wildman–Crippen MR) is 70.5 cm³/mol. The Morgan fingerprint density at radius 3 is 2.19 bits per heavy atom. The van der Waals surface area contributed by atoms with Crippen LogP contribution in [0.3, 0.4) is 0 Å². The molecule has 0 fully saturated rings. The molecule has 0 aromatic rings. The van der Waals surface area contributed by atoms with Crippen molar-refractivity contribution < 1.29 is 5.11 Å². The minimum atomic E-state index is 0.297. The van der Waals surface area contributed by atoms with Crippen LogP contribution in [0.4, 0.5) is 0 Å². The lowest BCUT2D eigenvalue weighted by molar-refractivity contribution is 0.164. The third-order valence-corrected chi connectivity index (χ3v) is 3.74. The van der Waals surface area contributed by atoms with Crippen molar-refractivity contribution in [2.24, 2.45) is 11.1 Å². The molecule has 0 aliphatic carbocycles. The van der Waals surface area contributed by atoms with Crippen molar-refractivity contribution in [2.75, 3.05) is 33.3 Å². The van der Waals surface area contributed by atoms with Gasteiger partial charge in [-0.3, -0.25) is 0 Å². The van der Waals surface area contributed by atoms with Crippen molar-refractivity contribution in [2.45, 2.75) is 46.0 Å². The fourth-order valence-corrected chi connectivity index (χ4v) is 2.15. The van der Waals surface area contributed by atoms with Gasteiger partial charge in [-0.15, -0.1) is 0 Å². The second-order valence-corrected chi connectivity index (χ2v) is 4.93. The Balaban J connectivity index is 3.86. The molecule has 0 aromatic heterocycles. The zero-order valence-corrected chi connectivity index (χ0v) is 11.3. The number of hydrogen-bond acceptors (Lipinski definition) is 3. The number of nitrogens with zero attached hydrogens (tertiary/aromatic N) is 1. The third-order valence-electron chi connectivity index (χ3n) is 3.74. The maximum Gasteiger partial charge on any atom is 0.0431 e. The van der Waals surface area contributed by atoms with Gasteiger partial charge in [0.1, 0.15) is 0 Å². The SMILES string of the molecule is CCC(CC)(CN)CN(C)CCCCCO. The van der Waals surface area contributed by atoms with Crippen molar-refractivity contribution >= 4 is 0 Å². The first-order chi connectivity index (χ1) is 7.64. The van der Waals surface area contributed by atoms with Crippen LogP contribution in [-0.2, 0) is 0 Å². The summed E-state index contributed by atoms with van der Waals surface area (Å²) >= 11 is 0. The van der Waals surface area contributed by atoms with Crippen LogP contribution in [0.5, 0.6) is 0 Å². The first kappa shape index (κ1) is 15.9. The normalized spacial score (nSPS) is 12.4. The third kappa shape index (κ3) is 5.83. The van der Waals surface area contributed by atoms with Crippen LogP contribution in [0.15, 0.2) is 0 Å². The lowest BCUT2D eigenvalue weighted by Gasteiger charge is -2.34. The number of aliphatic hydroxyl groups excluding tert-OH is 1. The molecule has 98 valence electrons. The van der Waals surface area contributed by atoms with E-state index in [4.69, 9.17) is 10.8 Å². The van der Waals surface area contributed by atoms with E-state index in [9.17, 15) is 0 Å². The summed E-state index contributed by atoms with van der Waals surface area (Å²) in [7, 11) is 2.18. The van der Waals surface area contributed by atoms with Crippen molar-refractivity contribution in [1.29, 1.82) is 0 Å². The molecule has 0 spiro atoms. The highest BCUT2D eigenvalue weighted by molar-refractivity contribution is 4.80. The van der Waals surface area contributed by atoms with E-state index < -0.39 is 0 Å². The Bertz CT molecular complexity index is 150. The van der Waals surface area contributed by atoms with Crippen molar-refractivity contribution in [1.82, 2.24) is 4.90 Å². The summed E-state index contributed by atoms with van der Waals surface area (Å²) < 4.78 is 0. The van der Waals surface area contributed by atoms with E-state index in [0.717, 1.165) is 45.3 Å². The molecular formula is C13H30N2O. The van der Waals surface area contributed by atoms with E-state index >= 15 is 0 Å². The molecule has 3 nitrogen and oxygen atoms in total. The second kappa shape index (κ2) is 8.97. The number of hydrogen-bond donors (Lipinski definition) is 2. The van der Waals surface area contributed by atoms with E-state index in [1.54, 1.807) is 0 Å². The number of aliphatic hydroxyl groups is 1. The van der Waals surface area contributed by atoms with Gasteiger partial charge in [0.2, 0.25) is 0 Å². The molecule has 0 unspecified atom stereocenters. The summed E-state index contributed by atoms with van der Waals surface area (Å²) in [6.07, 6.45) is 5.53. The molecular weight excluding hydrogens is 200 g/mol. The van der Waals surface area contributed by atoms with Crippen LogP contribution < -0.4 is 5.73 Å². The average molecular weight is 230 g/mol. The Morgan fingerprint density at radius 2 is 1.75 bits per heavy atom. The largest absolute Gasteiger partial charge is 0.396 e. The number of rotatable bonds is 10. The molecule has 3 heteroatoms. The number of nitrogens with two attached hydrogens (primary N) is 1. The van der Waals surface area contributed by atoms with Gasteiger partial charge in [-0.25, -0.2) is 0 Å². The summed E-state index contributed by atoms with van der Waals surface area (Å²) in [6.45, 7) is 7.77. The Hall–Kier alpha value is -0.120. The van der Waals surface area contributed by atoms with Gasteiger partial charge in [0.05, 0.1) is 0 Å². The van der Waals surface area contributed by atoms with Gasteiger partial charge in [0.15, 0.2) is 0 Å². The maximum absolute atomic E-state index is 8.70. The van der Waals surface area contributed by atoms with Gasteiger partial charge in [-0.1, -0.05) is 13.8 Å². The first-order valence-corrected chi connectivity index (χ1v) is 6.63. The minimum Gasteiger partial charge on any atom is -0.396 e. The van der Waals surface area contributed by atoms with E-state index in [2.05, 4.69) is 25.8 Å². The van der Waals surface area contributed by atoms with Gasteiger partial charge in [-0.05, 0) is 57.7 Å². The zero-order valence-electron chi connectivity index (χ0n) is 11.3. The van der Waals surface area contributed by atoms with Crippen molar-refractivity contribution in [3.8, 4) is 0 Å². The molecule has 0 saturated carbocycles. The van der Waals surface area contributed by atoms with E-state index in [1.165, 1.54) is 6.42 Å². The Morgan fingerprint density at radius 1 is 1.12 bits per heavy atom. The Kier molecular flexibility index (Phi) is 8.90. The van der Waals surface area contributed by atoms with Crippen molar-refractivity contribution in [3.63, 3.8) is 0 Å². The summed E-state index contributed by atoms with van der Waals surface area (Å²) in [5.41, 5.74) is 6.19. The smallest absolute Gasteiger partial charge is 0.0431 e. The molecule has 0 aliphatic rings. The zero-order chi connectivity index (χ0) is 12.4. The highest BCUT2D eigenvalue weighted by Gasteiger charge is 2.25. The Labute approximate surface area is 101 Å². The van der Waals surface area contributed by atoms with Crippen LogP contribution in [-0.4, -0.2) is 43.3 Å². The van der Waals surface area contributed by atoms with E-state index in [-0.39, 0.29) is 0 Å². The molecule has 0 aliphatic heterocycles. The van der Waals surface area contributed by atoms with Crippen LogP contribution in [0.2, 0.25) is 0 Å². The molecule has 0 aromatic carbocycles.